The van der Waals surface area contributed by atoms with Crippen molar-refractivity contribution in [1.29, 1.82) is 0 Å². The van der Waals surface area contributed by atoms with Gasteiger partial charge in [-0.15, -0.1) is 0 Å². The first-order chi connectivity index (χ1) is 13.6. The molecule has 0 aliphatic rings. The lowest BCUT2D eigenvalue weighted by molar-refractivity contribution is -0.137. The number of carboxylic acids is 1. The Bertz CT molecular complexity index is 699. The fraction of sp³-hybridized carbons (Fsp3) is 0.522. The molecule has 0 bridgehead atoms. The van der Waals surface area contributed by atoms with E-state index in [4.69, 9.17) is 9.84 Å². The van der Waals surface area contributed by atoms with Gasteiger partial charge < -0.3 is 9.84 Å². The van der Waals surface area contributed by atoms with Crippen LogP contribution < -0.4 is 4.74 Å². The maximum atomic E-state index is 10.8. The lowest BCUT2D eigenvalue weighted by Crippen LogP contribution is -2.02. The van der Waals surface area contributed by atoms with E-state index in [1.165, 1.54) is 38.5 Å². The van der Waals surface area contributed by atoms with Crippen LogP contribution in [0.1, 0.15) is 76.7 Å². The Kier molecular flexibility index (Phi) is 9.46. The molecule has 0 radical (unpaired) electrons. The van der Waals surface area contributed by atoms with Crippen LogP contribution in [0.3, 0.4) is 0 Å². The molecular weight excluding hydrogens is 352 g/mol. The molecule has 2 rings (SSSR count). The van der Waals surface area contributed by atoms with Gasteiger partial charge in [0.2, 0.25) is 0 Å². The van der Waals surface area contributed by atoms with E-state index in [2.05, 4.69) is 16.9 Å². The van der Waals surface area contributed by atoms with Crippen molar-refractivity contribution in [2.24, 2.45) is 0 Å². The standard InChI is InChI=1S/C23H32N2O3/c1-3-4-5-6-7-8-9-14-28-21-16-24-23(25-17-21)20-12-10-19(11-13-20)18(2)15-22(26)27/h10-13,16-18H,3-9,14-15H2,1-2H3,(H,26,27). The summed E-state index contributed by atoms with van der Waals surface area (Å²) < 4.78 is 5.73. The predicted molar refractivity (Wildman–Crippen MR) is 112 cm³/mol. The van der Waals surface area contributed by atoms with Crippen LogP contribution >= 0.6 is 0 Å². The summed E-state index contributed by atoms with van der Waals surface area (Å²) >= 11 is 0. The third-order valence-corrected chi connectivity index (χ3v) is 4.86. The molecule has 0 aliphatic heterocycles. The molecule has 152 valence electrons. The Morgan fingerprint density at radius 3 is 2.21 bits per heavy atom. The van der Waals surface area contributed by atoms with Gasteiger partial charge in [-0.25, -0.2) is 9.97 Å². The van der Waals surface area contributed by atoms with E-state index in [9.17, 15) is 4.79 Å². The van der Waals surface area contributed by atoms with E-state index < -0.39 is 5.97 Å². The molecule has 1 aromatic heterocycles. The lowest BCUT2D eigenvalue weighted by atomic mass is 9.97. The first-order valence-electron chi connectivity index (χ1n) is 10.4. The summed E-state index contributed by atoms with van der Waals surface area (Å²) in [4.78, 5) is 19.6. The average Bonchev–Trinajstić information content (AvgIpc) is 2.70. The zero-order valence-corrected chi connectivity index (χ0v) is 17.1. The predicted octanol–water partition coefficient (Wildman–Crippen LogP) is 5.85. The molecule has 1 unspecified atom stereocenters. The van der Waals surface area contributed by atoms with Gasteiger partial charge in [0.1, 0.15) is 0 Å². The van der Waals surface area contributed by atoms with Crippen LogP contribution in [0.15, 0.2) is 36.7 Å². The van der Waals surface area contributed by atoms with Crippen molar-refractivity contribution in [1.82, 2.24) is 9.97 Å². The summed E-state index contributed by atoms with van der Waals surface area (Å²) in [5, 5.41) is 8.91. The Balaban J connectivity index is 1.76. The quantitative estimate of drug-likeness (QED) is 0.438. The van der Waals surface area contributed by atoms with Gasteiger partial charge in [0, 0.05) is 5.56 Å². The molecule has 0 aliphatic carbocycles. The highest BCUT2D eigenvalue weighted by molar-refractivity contribution is 5.68. The first-order valence-corrected chi connectivity index (χ1v) is 10.4. The van der Waals surface area contributed by atoms with Crippen molar-refractivity contribution in [3.63, 3.8) is 0 Å². The normalized spacial score (nSPS) is 11.9. The molecule has 0 fully saturated rings. The zero-order valence-electron chi connectivity index (χ0n) is 17.1. The lowest BCUT2D eigenvalue weighted by Gasteiger charge is -2.10. The van der Waals surface area contributed by atoms with E-state index in [1.807, 2.05) is 31.2 Å². The number of hydrogen-bond acceptors (Lipinski definition) is 4. The second-order valence-corrected chi connectivity index (χ2v) is 7.33. The van der Waals surface area contributed by atoms with Crippen LogP contribution in [0.2, 0.25) is 0 Å². The van der Waals surface area contributed by atoms with Gasteiger partial charge in [0.15, 0.2) is 11.6 Å². The zero-order chi connectivity index (χ0) is 20.2. The maximum Gasteiger partial charge on any atom is 0.303 e. The minimum Gasteiger partial charge on any atom is -0.490 e. The molecular formula is C23H32N2O3. The van der Waals surface area contributed by atoms with Crippen LogP contribution in [-0.2, 0) is 4.79 Å². The van der Waals surface area contributed by atoms with Gasteiger partial charge in [-0.3, -0.25) is 4.79 Å². The first kappa shape index (κ1) is 21.9. The molecule has 0 spiro atoms. The number of hydrogen-bond donors (Lipinski definition) is 1. The number of unbranched alkanes of at least 4 members (excludes halogenated alkanes) is 6. The smallest absolute Gasteiger partial charge is 0.303 e. The summed E-state index contributed by atoms with van der Waals surface area (Å²) in [6.07, 6.45) is 12.4. The van der Waals surface area contributed by atoms with Crippen molar-refractivity contribution >= 4 is 5.97 Å². The molecule has 1 aromatic carbocycles. The summed E-state index contributed by atoms with van der Waals surface area (Å²) in [6, 6.07) is 7.75. The highest BCUT2D eigenvalue weighted by atomic mass is 16.5. The number of aromatic nitrogens is 2. The van der Waals surface area contributed by atoms with Crippen LogP contribution in [0.5, 0.6) is 5.75 Å². The number of benzene rings is 1. The maximum absolute atomic E-state index is 10.8. The van der Waals surface area contributed by atoms with E-state index in [-0.39, 0.29) is 12.3 Å². The fourth-order valence-corrected chi connectivity index (χ4v) is 3.13. The van der Waals surface area contributed by atoms with Crippen molar-refractivity contribution in [3.05, 3.63) is 42.2 Å². The van der Waals surface area contributed by atoms with Crippen LogP contribution in [0, 0.1) is 0 Å². The van der Waals surface area contributed by atoms with E-state index in [1.54, 1.807) is 12.4 Å². The number of aliphatic carboxylic acids is 1. The summed E-state index contributed by atoms with van der Waals surface area (Å²) in [6.45, 7) is 4.85. The second-order valence-electron chi connectivity index (χ2n) is 7.33. The third kappa shape index (κ3) is 7.67. The van der Waals surface area contributed by atoms with Crippen molar-refractivity contribution < 1.29 is 14.6 Å². The number of rotatable bonds is 13. The van der Waals surface area contributed by atoms with Gasteiger partial charge in [0.05, 0.1) is 25.4 Å². The summed E-state index contributed by atoms with van der Waals surface area (Å²) in [7, 11) is 0. The van der Waals surface area contributed by atoms with Crippen LogP contribution in [-0.4, -0.2) is 27.7 Å². The largest absolute Gasteiger partial charge is 0.490 e. The van der Waals surface area contributed by atoms with Gasteiger partial charge in [-0.1, -0.05) is 76.6 Å². The van der Waals surface area contributed by atoms with E-state index >= 15 is 0 Å². The Morgan fingerprint density at radius 1 is 1.00 bits per heavy atom. The topological polar surface area (TPSA) is 72.3 Å². The van der Waals surface area contributed by atoms with Crippen LogP contribution in [0.25, 0.3) is 11.4 Å². The fourth-order valence-electron chi connectivity index (χ4n) is 3.13. The molecule has 0 amide bonds. The molecule has 1 atom stereocenters. The van der Waals surface area contributed by atoms with Gasteiger partial charge >= 0.3 is 5.97 Å². The number of carbonyl (C=O) groups is 1. The number of carboxylic acid groups (broad SMARTS) is 1. The molecule has 1 N–H and O–H groups in total. The summed E-state index contributed by atoms with van der Waals surface area (Å²) in [5.41, 5.74) is 1.91. The molecule has 0 saturated heterocycles. The molecule has 28 heavy (non-hydrogen) atoms. The van der Waals surface area contributed by atoms with Gasteiger partial charge in [0.25, 0.3) is 0 Å². The average molecular weight is 385 g/mol. The van der Waals surface area contributed by atoms with Gasteiger partial charge in [-0.2, -0.15) is 0 Å². The minimum absolute atomic E-state index is 0.0186. The molecule has 1 heterocycles. The Labute approximate surface area is 168 Å². The highest BCUT2D eigenvalue weighted by Crippen LogP contribution is 2.23. The molecule has 5 nitrogen and oxygen atoms in total. The Morgan fingerprint density at radius 2 is 1.61 bits per heavy atom. The Hall–Kier alpha value is -2.43. The van der Waals surface area contributed by atoms with Gasteiger partial charge in [-0.05, 0) is 17.9 Å². The number of ether oxygens (including phenoxy) is 1. The minimum atomic E-state index is -0.785. The van der Waals surface area contributed by atoms with Crippen molar-refractivity contribution in [3.8, 4) is 17.1 Å². The van der Waals surface area contributed by atoms with E-state index in [0.29, 0.717) is 18.2 Å². The molecule has 2 aromatic rings. The van der Waals surface area contributed by atoms with Crippen molar-refractivity contribution in [2.45, 2.75) is 71.1 Å². The highest BCUT2D eigenvalue weighted by Gasteiger charge is 2.10. The SMILES string of the molecule is CCCCCCCCCOc1cnc(-c2ccc(C(C)CC(=O)O)cc2)nc1. The molecule has 5 heteroatoms. The number of nitrogens with zero attached hydrogens (tertiary/aromatic N) is 2. The monoisotopic (exact) mass is 384 g/mol. The third-order valence-electron chi connectivity index (χ3n) is 4.86. The summed E-state index contributed by atoms with van der Waals surface area (Å²) in [5.74, 6) is 0.532. The van der Waals surface area contributed by atoms with Crippen LogP contribution in [0.4, 0.5) is 0 Å². The molecule has 0 saturated carbocycles. The van der Waals surface area contributed by atoms with E-state index in [0.717, 1.165) is 17.5 Å². The van der Waals surface area contributed by atoms with Crippen molar-refractivity contribution in [2.75, 3.05) is 6.61 Å². The second kappa shape index (κ2) is 12.1.